The molecule has 3 aromatic heterocycles. The van der Waals surface area contributed by atoms with Crippen molar-refractivity contribution in [2.24, 2.45) is 7.05 Å². The molecule has 426 valence electrons. The lowest BCUT2D eigenvalue weighted by atomic mass is 9.90. The van der Waals surface area contributed by atoms with Crippen LogP contribution in [0.25, 0.3) is 33.2 Å². The van der Waals surface area contributed by atoms with E-state index in [1.165, 1.54) is 29.6 Å². The van der Waals surface area contributed by atoms with Crippen molar-refractivity contribution in [1.82, 2.24) is 44.3 Å². The molecule has 0 saturated carbocycles. The van der Waals surface area contributed by atoms with Gasteiger partial charge in [0, 0.05) is 87.9 Å². The number of anilines is 2. The summed E-state index contributed by atoms with van der Waals surface area (Å²) in [4.78, 5) is 60.7. The third-order valence-corrected chi connectivity index (χ3v) is 15.5. The highest BCUT2D eigenvalue weighted by Crippen LogP contribution is 2.33. The smallest absolute Gasteiger partial charge is 0.406 e. The van der Waals surface area contributed by atoms with Crippen LogP contribution in [0.5, 0.6) is 5.75 Å². The molecule has 0 unspecified atom stereocenters. The zero-order chi connectivity index (χ0) is 57.3. The molecule has 0 bridgehead atoms. The number of carbonyl (C=O) groups excluding carboxylic acids is 3. The van der Waals surface area contributed by atoms with Crippen molar-refractivity contribution >= 4 is 51.0 Å². The van der Waals surface area contributed by atoms with Crippen LogP contribution in [0.3, 0.4) is 0 Å². The number of hydrogen-bond acceptors (Lipinski definition) is 11. The molecular formula is C61H70F3N11O6. The third kappa shape index (κ3) is 14.2. The van der Waals surface area contributed by atoms with E-state index in [0.717, 1.165) is 67.7 Å². The van der Waals surface area contributed by atoms with Gasteiger partial charge < -0.3 is 45.5 Å². The predicted molar refractivity (Wildman–Crippen MR) is 307 cm³/mol. The average Bonchev–Trinajstić information content (AvgIpc) is 4.09. The Kier molecular flexibility index (Phi) is 18.1. The molecule has 2 aliphatic rings. The van der Waals surface area contributed by atoms with Crippen molar-refractivity contribution in [3.8, 4) is 28.8 Å². The van der Waals surface area contributed by atoms with Gasteiger partial charge in [0.15, 0.2) is 5.52 Å². The zero-order valence-corrected chi connectivity index (χ0v) is 46.2. The first kappa shape index (κ1) is 57.5. The van der Waals surface area contributed by atoms with Crippen LogP contribution in [0.4, 0.5) is 24.5 Å². The number of alkyl halides is 3. The summed E-state index contributed by atoms with van der Waals surface area (Å²) in [6.45, 7) is 4.74. The Morgan fingerprint density at radius 3 is 2.38 bits per heavy atom. The normalized spacial score (nSPS) is 15.2. The van der Waals surface area contributed by atoms with Crippen LogP contribution in [-0.4, -0.2) is 128 Å². The lowest BCUT2D eigenvalue weighted by molar-refractivity contribution is -0.140. The van der Waals surface area contributed by atoms with E-state index in [-0.39, 0.29) is 59.5 Å². The van der Waals surface area contributed by atoms with Crippen molar-refractivity contribution in [3.63, 3.8) is 0 Å². The van der Waals surface area contributed by atoms with E-state index < -0.39 is 18.3 Å². The van der Waals surface area contributed by atoms with Crippen LogP contribution in [-0.2, 0) is 36.3 Å². The van der Waals surface area contributed by atoms with Gasteiger partial charge in [-0.1, -0.05) is 73.5 Å². The predicted octanol–water partition coefficient (Wildman–Crippen LogP) is 8.06. The van der Waals surface area contributed by atoms with Gasteiger partial charge in [-0.15, -0.1) is 0 Å². The van der Waals surface area contributed by atoms with E-state index in [9.17, 15) is 37.5 Å². The Bertz CT molecular complexity index is 3480. The van der Waals surface area contributed by atoms with Crippen molar-refractivity contribution in [3.05, 3.63) is 136 Å². The number of halogens is 3. The number of hydrogen-bond donors (Lipinski definition) is 5. The van der Waals surface area contributed by atoms with Gasteiger partial charge in [0.25, 0.3) is 11.5 Å². The number of carbonyl (C=O) groups is 3. The molecule has 5 heterocycles. The van der Waals surface area contributed by atoms with Gasteiger partial charge in [0.2, 0.25) is 11.8 Å². The van der Waals surface area contributed by atoms with Crippen LogP contribution in [0, 0.1) is 11.8 Å². The largest absolute Gasteiger partial charge is 0.495 e. The number of aryl methyl sites for hydroxylation is 1. The molecule has 20 heteroatoms. The fourth-order valence-electron chi connectivity index (χ4n) is 10.9. The van der Waals surface area contributed by atoms with Gasteiger partial charge in [-0.05, 0) is 104 Å². The number of aromatic nitrogens is 5. The molecule has 5 N–H and O–H groups in total. The Morgan fingerprint density at radius 1 is 0.914 bits per heavy atom. The molecule has 2 saturated heterocycles. The molecule has 17 nitrogen and oxygen atoms in total. The number of nitrogens with zero attached hydrogens (tertiary/aromatic N) is 7. The number of aliphatic hydroxyl groups is 1. The summed E-state index contributed by atoms with van der Waals surface area (Å²) in [5.41, 5.74) is 5.07. The number of ether oxygens (including phenoxy) is 1. The maximum absolute atomic E-state index is 13.9. The van der Waals surface area contributed by atoms with Gasteiger partial charge >= 0.3 is 6.18 Å². The maximum atomic E-state index is 13.9. The minimum atomic E-state index is -4.46. The first-order valence-electron chi connectivity index (χ1n) is 27.6. The molecule has 2 aliphatic heterocycles. The van der Waals surface area contributed by atoms with Crippen molar-refractivity contribution in [2.75, 3.05) is 64.1 Å². The molecule has 2 fully saturated rings. The quantitative estimate of drug-likeness (QED) is 0.0367. The summed E-state index contributed by atoms with van der Waals surface area (Å²) >= 11 is 0. The second-order valence-electron chi connectivity index (χ2n) is 21.3. The van der Waals surface area contributed by atoms with Gasteiger partial charge in [-0.25, -0.2) is 4.98 Å². The number of nitrogens with one attached hydrogen (secondary N) is 4. The standard InChI is InChI=1S/C61H70F3N11O6/c1-41(43-12-6-5-7-13-43)34-54(77)73-32-26-60(80,27-33-73)38-74-40-68-55-56(59(74)79)70-71(3)57(55)44-20-18-42(19-21-44)37-67-53(76)17-8-9-29-72-30-24-46(25-31-72)69-49-15-10-16-51-48(49)36-47(75(51)39-61(62,63)64)14-11-28-66-50-23-22-45(58(78)65-2)35-52(50)81-4/h5-7,10,12-13,15-16,18-23,35-36,40-41,46,66,69,80H,8-9,17,24-34,37-39H2,1-4H3,(H,65,78)(H,67,76)/t41-/m1/s1. The lowest BCUT2D eigenvalue weighted by Crippen LogP contribution is -2.49. The number of piperidine rings is 2. The topological polar surface area (TPSA) is 193 Å². The van der Waals surface area contributed by atoms with E-state index in [1.54, 1.807) is 53.0 Å². The number of methoxy groups -OCH3 is 1. The minimum absolute atomic E-state index is 0.0345. The Hall–Kier alpha value is -8.15. The van der Waals surface area contributed by atoms with Crippen LogP contribution < -0.4 is 31.6 Å². The van der Waals surface area contributed by atoms with Gasteiger partial charge in [-0.2, -0.15) is 18.3 Å². The molecule has 3 amide bonds. The number of likely N-dealkylation sites (tertiary alicyclic amines) is 2. The highest BCUT2D eigenvalue weighted by Gasteiger charge is 2.36. The average molecular weight is 1110 g/mol. The lowest BCUT2D eigenvalue weighted by Gasteiger charge is -2.38. The van der Waals surface area contributed by atoms with Gasteiger partial charge in [0.1, 0.15) is 17.8 Å². The summed E-state index contributed by atoms with van der Waals surface area (Å²) < 4.78 is 51.4. The molecule has 4 aromatic carbocycles. The van der Waals surface area contributed by atoms with Gasteiger partial charge in [-0.3, -0.25) is 28.4 Å². The summed E-state index contributed by atoms with van der Waals surface area (Å²) in [6, 6.07) is 29.7. The summed E-state index contributed by atoms with van der Waals surface area (Å²) in [6.07, 6.45) is 1.76. The minimum Gasteiger partial charge on any atom is -0.495 e. The SMILES string of the molecule is CNC(=O)c1ccc(NCC#Cc2cc3c(NC4CCN(CCCCC(=O)NCc5ccc(-c6c7ncn(CC8(O)CCN(C(=O)C[C@@H](C)c9ccccc9)CC8)c(=O)c7nn6C)cc5)CC4)cccc3n2CC(F)(F)F)c(OC)c1. The first-order valence-corrected chi connectivity index (χ1v) is 27.6. The second-order valence-corrected chi connectivity index (χ2v) is 21.3. The van der Waals surface area contributed by atoms with Crippen molar-refractivity contribution < 1.29 is 37.4 Å². The molecule has 9 rings (SSSR count). The number of amides is 3. The maximum Gasteiger partial charge on any atom is 0.406 e. The fraction of sp³-hybridized carbons (Fsp3) is 0.410. The van der Waals surface area contributed by atoms with E-state index >= 15 is 0 Å². The van der Waals surface area contributed by atoms with Crippen LogP contribution in [0.1, 0.15) is 91.4 Å². The van der Waals surface area contributed by atoms with Crippen molar-refractivity contribution in [1.29, 1.82) is 0 Å². The highest BCUT2D eigenvalue weighted by atomic mass is 19.4. The van der Waals surface area contributed by atoms with Crippen LogP contribution in [0.15, 0.2) is 108 Å². The Morgan fingerprint density at radius 2 is 1.67 bits per heavy atom. The van der Waals surface area contributed by atoms with E-state index in [2.05, 4.69) is 48.1 Å². The monoisotopic (exact) mass is 1110 g/mol. The Balaban J connectivity index is 0.705. The summed E-state index contributed by atoms with van der Waals surface area (Å²) in [5.74, 6) is 6.17. The van der Waals surface area contributed by atoms with Crippen LogP contribution in [0.2, 0.25) is 0 Å². The molecular weight excluding hydrogens is 1040 g/mol. The first-order chi connectivity index (χ1) is 39.0. The van der Waals surface area contributed by atoms with E-state index in [4.69, 9.17) is 4.74 Å². The molecule has 81 heavy (non-hydrogen) atoms. The van der Waals surface area contributed by atoms with Crippen molar-refractivity contribution in [2.45, 2.75) is 102 Å². The highest BCUT2D eigenvalue weighted by molar-refractivity contribution is 5.95. The number of benzene rings is 4. The third-order valence-electron chi connectivity index (χ3n) is 15.5. The number of fused-ring (bicyclic) bond motifs is 2. The molecule has 0 spiro atoms. The number of rotatable bonds is 20. The molecule has 0 aliphatic carbocycles. The fourth-order valence-corrected chi connectivity index (χ4v) is 10.9. The summed E-state index contributed by atoms with van der Waals surface area (Å²) in [5, 5.41) is 29.1. The van der Waals surface area contributed by atoms with Crippen LogP contribution >= 0.6 is 0 Å². The second kappa shape index (κ2) is 25.5. The van der Waals surface area contributed by atoms with Gasteiger partial charge in [0.05, 0.1) is 54.7 Å². The van der Waals surface area contributed by atoms with E-state index in [1.807, 2.05) is 67.6 Å². The van der Waals surface area contributed by atoms with E-state index in [0.29, 0.717) is 84.4 Å². The molecule has 7 aromatic rings. The summed E-state index contributed by atoms with van der Waals surface area (Å²) in [7, 11) is 4.78. The molecule has 1 atom stereocenters. The molecule has 0 radical (unpaired) electrons. The zero-order valence-electron chi connectivity index (χ0n) is 46.2. The number of unbranched alkanes of at least 4 members (excludes halogenated alkanes) is 1. The Labute approximate surface area is 468 Å².